The number of nitrogens with one attached hydrogen (secondary N) is 2. The first-order chi connectivity index (χ1) is 22.3. The Balaban J connectivity index is 0.00000451. The number of benzene rings is 2. The molecule has 2 N–H and O–H groups in total. The fourth-order valence-electron chi connectivity index (χ4n) is 7.83. The van der Waals surface area contributed by atoms with Gasteiger partial charge in [0, 0.05) is 70.9 Å². The van der Waals surface area contributed by atoms with Gasteiger partial charge in [0.05, 0.1) is 17.5 Å². The zero-order valence-corrected chi connectivity index (χ0v) is 28.9. The molecule has 3 amide bonds. The summed E-state index contributed by atoms with van der Waals surface area (Å²) in [5, 5.41) is 6.40. The van der Waals surface area contributed by atoms with Gasteiger partial charge in [-0.15, -0.1) is 12.4 Å². The zero-order valence-electron chi connectivity index (χ0n) is 27.2. The van der Waals surface area contributed by atoms with E-state index >= 15 is 0 Å². The van der Waals surface area contributed by atoms with Gasteiger partial charge in [0.15, 0.2) is 5.78 Å². The lowest BCUT2D eigenvalue weighted by molar-refractivity contribution is -0.137. The Labute approximate surface area is 287 Å². The molecule has 262 valence electrons. The minimum Gasteiger partial charge on any atom is -0.323 e. The minimum absolute atomic E-state index is 0. The normalized spacial score (nSPS) is 25.2. The van der Waals surface area contributed by atoms with Crippen molar-refractivity contribution in [2.24, 2.45) is 11.8 Å². The summed E-state index contributed by atoms with van der Waals surface area (Å²) in [5.41, 5.74) is 0.643. The van der Waals surface area contributed by atoms with Crippen LogP contribution in [0.5, 0.6) is 0 Å². The Kier molecular flexibility index (Phi) is 10.7. The molecule has 1 aliphatic carbocycles. The number of rotatable bonds is 9. The van der Waals surface area contributed by atoms with Crippen molar-refractivity contribution < 1.29 is 31.6 Å². The van der Waals surface area contributed by atoms with E-state index in [0.29, 0.717) is 44.6 Å². The maximum absolute atomic E-state index is 14.3. The summed E-state index contributed by atoms with van der Waals surface area (Å²) in [6, 6.07) is 15.2. The van der Waals surface area contributed by atoms with Crippen LogP contribution in [0.15, 0.2) is 59.5 Å². The number of alkyl halides is 2. The average Bonchev–Trinajstić information content (AvgIpc) is 3.62. The van der Waals surface area contributed by atoms with Gasteiger partial charge in [0.2, 0.25) is 15.9 Å². The first kappa shape index (κ1) is 36.3. The van der Waals surface area contributed by atoms with Crippen molar-refractivity contribution in [3.05, 3.63) is 65.7 Å². The van der Waals surface area contributed by atoms with Crippen molar-refractivity contribution in [3.63, 3.8) is 0 Å². The highest BCUT2D eigenvalue weighted by atomic mass is 35.5. The molecule has 2 aromatic rings. The van der Waals surface area contributed by atoms with Gasteiger partial charge in [-0.05, 0) is 48.9 Å². The molecule has 0 bridgehead atoms. The van der Waals surface area contributed by atoms with E-state index in [2.05, 4.69) is 27.7 Å². The number of carbonyl (C=O) groups excluding carboxylic acids is 3. The number of halogens is 3. The average molecular weight is 708 g/mol. The number of nitrogens with zero attached hydrogens (tertiary/aromatic N) is 3. The molecule has 0 aromatic heterocycles. The quantitative estimate of drug-likeness (QED) is 0.378. The maximum Gasteiger partial charge on any atom is 0.325 e. The molecule has 1 spiro atoms. The van der Waals surface area contributed by atoms with Gasteiger partial charge in [-0.1, -0.05) is 42.5 Å². The van der Waals surface area contributed by atoms with Crippen LogP contribution in [0.3, 0.4) is 0 Å². The van der Waals surface area contributed by atoms with Crippen molar-refractivity contribution in [1.82, 2.24) is 24.7 Å². The van der Waals surface area contributed by atoms with E-state index in [4.69, 9.17) is 0 Å². The lowest BCUT2D eigenvalue weighted by Gasteiger charge is -2.44. The van der Waals surface area contributed by atoms with Crippen LogP contribution in [0.25, 0.3) is 0 Å². The van der Waals surface area contributed by atoms with Crippen molar-refractivity contribution in [2.45, 2.75) is 73.4 Å². The van der Waals surface area contributed by atoms with E-state index in [9.17, 15) is 31.6 Å². The number of sulfonamides is 1. The van der Waals surface area contributed by atoms with Gasteiger partial charge in [-0.2, -0.15) is 0 Å². The first-order valence-corrected chi connectivity index (χ1v) is 17.8. The number of piperidine rings is 1. The second-order valence-corrected chi connectivity index (χ2v) is 15.8. The van der Waals surface area contributed by atoms with Crippen molar-refractivity contribution in [3.8, 4) is 0 Å². The highest BCUT2D eigenvalue weighted by molar-refractivity contribution is 7.89. The van der Waals surface area contributed by atoms with Crippen LogP contribution in [0, 0.1) is 11.8 Å². The van der Waals surface area contributed by atoms with Gasteiger partial charge in [-0.3, -0.25) is 19.4 Å². The van der Waals surface area contributed by atoms with Gasteiger partial charge < -0.3 is 10.6 Å². The van der Waals surface area contributed by atoms with Crippen LogP contribution in [0.1, 0.15) is 55.6 Å². The first-order valence-electron chi connectivity index (χ1n) is 16.4. The minimum atomic E-state index is -3.61. The number of Topliss-reactive ketones (excluding diaryl/α,β-unsaturated/α-hetero) is 1. The molecular weight excluding hydrogens is 664 g/mol. The third-order valence-corrected chi connectivity index (χ3v) is 12.5. The van der Waals surface area contributed by atoms with E-state index in [1.165, 1.54) is 31.1 Å². The lowest BCUT2D eigenvalue weighted by atomic mass is 9.74. The fraction of sp³-hybridized carbons (Fsp3) is 0.559. The molecule has 1 unspecified atom stereocenters. The van der Waals surface area contributed by atoms with Crippen LogP contribution in [0.4, 0.5) is 13.6 Å². The summed E-state index contributed by atoms with van der Waals surface area (Å²) in [6.07, 6.45) is 0.404. The topological polar surface area (TPSA) is 119 Å². The van der Waals surface area contributed by atoms with Crippen molar-refractivity contribution in [1.29, 1.82) is 0 Å². The monoisotopic (exact) mass is 707 g/mol. The zero-order chi connectivity index (χ0) is 33.6. The third-order valence-electron chi connectivity index (χ3n) is 10.6. The van der Waals surface area contributed by atoms with Crippen LogP contribution in [-0.2, 0) is 26.2 Å². The number of urea groups is 1. The summed E-state index contributed by atoms with van der Waals surface area (Å²) in [4.78, 5) is 44.6. The Morgan fingerprint density at radius 3 is 2.19 bits per heavy atom. The Hall–Kier alpha value is -2.97. The van der Waals surface area contributed by atoms with Crippen LogP contribution in [-0.4, -0.2) is 98.0 Å². The molecule has 3 heterocycles. The summed E-state index contributed by atoms with van der Waals surface area (Å²) < 4.78 is 54.1. The van der Waals surface area contributed by atoms with E-state index in [1.807, 2.05) is 18.2 Å². The third kappa shape index (κ3) is 7.02. The highest BCUT2D eigenvalue weighted by Gasteiger charge is 2.54. The second-order valence-electron chi connectivity index (χ2n) is 13.7. The Morgan fingerprint density at radius 2 is 1.58 bits per heavy atom. The largest absolute Gasteiger partial charge is 0.325 e. The van der Waals surface area contributed by atoms with Crippen LogP contribution >= 0.6 is 12.4 Å². The fourth-order valence-corrected chi connectivity index (χ4v) is 8.73. The standard InChI is InChI=1S/C34H43F2N5O5S.ClH/c1-39(2)47(45,46)26-10-8-23(9-11-26)22-41-31(43)33(38-32(41)44)16-18-40(19-17-33)29(30(42)25-12-14-34(35,36)15-13-25)28-21-37-20-27(28)24-6-4-3-5-7-24;/h3-11,25,27-29,37H,12-22H2,1-2H3,(H,38,44);1H/t27-,28-,29?;/m1./s1. The van der Waals surface area contributed by atoms with Gasteiger partial charge in [-0.25, -0.2) is 26.3 Å². The predicted molar refractivity (Wildman–Crippen MR) is 178 cm³/mol. The van der Waals surface area contributed by atoms with Crippen LogP contribution in [0.2, 0.25) is 0 Å². The van der Waals surface area contributed by atoms with Gasteiger partial charge in [0.25, 0.3) is 5.91 Å². The van der Waals surface area contributed by atoms with Crippen LogP contribution < -0.4 is 10.6 Å². The molecule has 1 saturated carbocycles. The van der Waals surface area contributed by atoms with Crippen molar-refractivity contribution in [2.75, 3.05) is 40.3 Å². The van der Waals surface area contributed by atoms with Gasteiger partial charge >= 0.3 is 6.03 Å². The number of hydrogen-bond acceptors (Lipinski definition) is 7. The highest BCUT2D eigenvalue weighted by Crippen LogP contribution is 2.42. The molecule has 48 heavy (non-hydrogen) atoms. The molecule has 3 atom stereocenters. The van der Waals surface area contributed by atoms with E-state index in [0.717, 1.165) is 9.87 Å². The van der Waals surface area contributed by atoms with Gasteiger partial charge in [0.1, 0.15) is 5.54 Å². The van der Waals surface area contributed by atoms with Crippen molar-refractivity contribution >= 4 is 40.2 Å². The molecule has 0 radical (unpaired) electrons. The number of carbonyl (C=O) groups is 3. The summed E-state index contributed by atoms with van der Waals surface area (Å²) in [6.45, 7) is 2.13. The molecule has 10 nitrogen and oxygen atoms in total. The number of likely N-dealkylation sites (tertiary alicyclic amines) is 1. The number of amides is 3. The maximum atomic E-state index is 14.3. The molecule has 3 saturated heterocycles. The Morgan fingerprint density at radius 1 is 0.958 bits per heavy atom. The summed E-state index contributed by atoms with van der Waals surface area (Å²) >= 11 is 0. The molecule has 4 fully saturated rings. The molecule has 2 aromatic carbocycles. The second kappa shape index (κ2) is 14.1. The number of hydrogen-bond donors (Lipinski definition) is 2. The molecular formula is C34H44ClF2N5O5S. The molecule has 4 aliphatic rings. The molecule has 6 rings (SSSR count). The SMILES string of the molecule is CN(C)S(=O)(=O)c1ccc(CN2C(=O)NC3(CCN(C(C(=O)C4CCC(F)(F)CC4)[C@@H]4CNC[C@@H]4c4ccccc4)CC3)C2=O)cc1.Cl. The number of ketones is 1. The Bertz CT molecular complexity index is 1590. The smallest absolute Gasteiger partial charge is 0.323 e. The van der Waals surface area contributed by atoms with E-state index < -0.39 is 39.5 Å². The predicted octanol–water partition coefficient (Wildman–Crippen LogP) is 4.01. The van der Waals surface area contributed by atoms with E-state index in [-0.39, 0.29) is 73.1 Å². The summed E-state index contributed by atoms with van der Waals surface area (Å²) in [7, 11) is -0.719. The lowest BCUT2D eigenvalue weighted by Crippen LogP contribution is -2.60. The molecule has 14 heteroatoms. The number of imide groups is 1. The summed E-state index contributed by atoms with van der Waals surface area (Å²) in [5.74, 6) is -3.48. The van der Waals surface area contributed by atoms with E-state index in [1.54, 1.807) is 12.1 Å². The molecule has 3 aliphatic heterocycles.